The number of rotatable bonds is 1. The molecule has 2 N–H and O–H groups in total. The summed E-state index contributed by atoms with van der Waals surface area (Å²) in [6.07, 6.45) is 3.57. The first kappa shape index (κ1) is 8.97. The van der Waals surface area contributed by atoms with E-state index < -0.39 is 0 Å². The van der Waals surface area contributed by atoms with E-state index in [1.807, 2.05) is 30.5 Å². The summed E-state index contributed by atoms with van der Waals surface area (Å²) in [6.45, 7) is 0. The minimum absolute atomic E-state index is 0.202. The number of H-pyrrole nitrogens is 1. The predicted molar refractivity (Wildman–Crippen MR) is 63.2 cm³/mol. The Hall–Kier alpha value is -2.29. The monoisotopic (exact) mass is 210 g/mol. The van der Waals surface area contributed by atoms with Gasteiger partial charge in [0.1, 0.15) is 11.4 Å². The lowest BCUT2D eigenvalue weighted by Gasteiger charge is -2.03. The predicted octanol–water partition coefficient (Wildman–Crippen LogP) is 2.94. The lowest BCUT2D eigenvalue weighted by atomic mass is 10.1. The molecule has 0 saturated heterocycles. The highest BCUT2D eigenvalue weighted by atomic mass is 16.3. The van der Waals surface area contributed by atoms with Crippen LogP contribution in [0.4, 0.5) is 0 Å². The highest BCUT2D eigenvalue weighted by Crippen LogP contribution is 2.28. The average Bonchev–Trinajstić information content (AvgIpc) is 2.76. The Balaban J connectivity index is 2.22. The Morgan fingerprint density at radius 3 is 2.94 bits per heavy atom. The highest BCUT2D eigenvalue weighted by Gasteiger charge is 2.05. The van der Waals surface area contributed by atoms with Crippen LogP contribution >= 0.6 is 0 Å². The molecule has 78 valence electrons. The van der Waals surface area contributed by atoms with Crippen molar-refractivity contribution in [3.63, 3.8) is 0 Å². The van der Waals surface area contributed by atoms with Gasteiger partial charge < -0.3 is 10.1 Å². The van der Waals surface area contributed by atoms with Crippen LogP contribution in [0, 0.1) is 0 Å². The molecule has 0 atom stereocenters. The van der Waals surface area contributed by atoms with Crippen LogP contribution in [-0.4, -0.2) is 15.1 Å². The van der Waals surface area contributed by atoms with E-state index in [1.165, 1.54) is 0 Å². The Morgan fingerprint density at radius 2 is 2.06 bits per heavy atom. The molecule has 0 spiro atoms. The van der Waals surface area contributed by atoms with Crippen LogP contribution in [0.25, 0.3) is 22.2 Å². The molecule has 0 fully saturated rings. The van der Waals surface area contributed by atoms with Gasteiger partial charge in [-0.05, 0) is 29.7 Å². The van der Waals surface area contributed by atoms with Crippen LogP contribution in [0.2, 0.25) is 0 Å². The number of hydrogen-bond acceptors (Lipinski definition) is 2. The first-order valence-electron chi connectivity index (χ1n) is 5.06. The van der Waals surface area contributed by atoms with Crippen LogP contribution in [0.1, 0.15) is 0 Å². The van der Waals surface area contributed by atoms with Crippen LogP contribution in [0.5, 0.6) is 5.75 Å². The van der Waals surface area contributed by atoms with Gasteiger partial charge >= 0.3 is 0 Å². The van der Waals surface area contributed by atoms with E-state index in [-0.39, 0.29) is 5.75 Å². The second-order valence-electron chi connectivity index (χ2n) is 3.65. The summed E-state index contributed by atoms with van der Waals surface area (Å²) in [7, 11) is 0. The van der Waals surface area contributed by atoms with Crippen molar-refractivity contribution in [2.75, 3.05) is 0 Å². The molecule has 3 rings (SSSR count). The van der Waals surface area contributed by atoms with Gasteiger partial charge in [0.15, 0.2) is 0 Å². The van der Waals surface area contributed by atoms with Crippen molar-refractivity contribution >= 4 is 10.9 Å². The van der Waals surface area contributed by atoms with Crippen molar-refractivity contribution in [3.8, 4) is 17.0 Å². The molecule has 3 nitrogen and oxygen atoms in total. The van der Waals surface area contributed by atoms with E-state index in [1.54, 1.807) is 18.3 Å². The number of pyridine rings is 1. The number of fused-ring (bicyclic) bond motifs is 1. The van der Waals surface area contributed by atoms with Gasteiger partial charge in [-0.15, -0.1) is 0 Å². The Morgan fingerprint density at radius 1 is 1.12 bits per heavy atom. The molecule has 2 heterocycles. The smallest absolute Gasteiger partial charge is 0.141 e. The molecular weight excluding hydrogens is 200 g/mol. The summed E-state index contributed by atoms with van der Waals surface area (Å²) >= 11 is 0. The largest absolute Gasteiger partial charge is 0.506 e. The maximum absolute atomic E-state index is 9.71. The fraction of sp³-hybridized carbons (Fsp3) is 0. The summed E-state index contributed by atoms with van der Waals surface area (Å²) in [5.41, 5.74) is 2.56. The minimum Gasteiger partial charge on any atom is -0.506 e. The number of hydrogen-bond donors (Lipinski definition) is 2. The zero-order valence-corrected chi connectivity index (χ0v) is 8.51. The fourth-order valence-corrected chi connectivity index (χ4v) is 1.81. The minimum atomic E-state index is 0.202. The third-order valence-electron chi connectivity index (χ3n) is 2.61. The Kier molecular flexibility index (Phi) is 1.90. The van der Waals surface area contributed by atoms with Gasteiger partial charge in [-0.3, -0.25) is 4.98 Å². The van der Waals surface area contributed by atoms with Gasteiger partial charge in [0, 0.05) is 23.5 Å². The lowest BCUT2D eigenvalue weighted by molar-refractivity contribution is 0.475. The number of aromatic hydroxyl groups is 1. The summed E-state index contributed by atoms with van der Waals surface area (Å²) < 4.78 is 0. The number of aromatic nitrogens is 2. The molecule has 0 saturated carbocycles. The van der Waals surface area contributed by atoms with Crippen LogP contribution in [-0.2, 0) is 0 Å². The standard InChI is InChI=1S/C13H10N2O/c16-12-2-1-6-15-13(12)10-4-3-9-5-7-14-11(9)8-10/h1-8,14,16H. The van der Waals surface area contributed by atoms with Crippen molar-refractivity contribution in [2.24, 2.45) is 0 Å². The SMILES string of the molecule is Oc1cccnc1-c1ccc2cc[nH]c2c1. The highest BCUT2D eigenvalue weighted by molar-refractivity contribution is 5.84. The van der Waals surface area contributed by atoms with Crippen molar-refractivity contribution < 1.29 is 5.11 Å². The zero-order chi connectivity index (χ0) is 11.0. The second-order valence-corrected chi connectivity index (χ2v) is 3.65. The molecule has 0 aliphatic carbocycles. The first-order chi connectivity index (χ1) is 7.84. The Labute approximate surface area is 92.4 Å². The molecule has 0 unspecified atom stereocenters. The molecule has 0 aliphatic rings. The normalized spacial score (nSPS) is 10.8. The number of nitrogens with one attached hydrogen (secondary N) is 1. The molecule has 3 aromatic rings. The summed E-state index contributed by atoms with van der Waals surface area (Å²) in [5, 5.41) is 10.9. The molecule has 2 aromatic heterocycles. The first-order valence-corrected chi connectivity index (χ1v) is 5.06. The number of nitrogens with zero attached hydrogens (tertiary/aromatic N) is 1. The molecule has 0 aliphatic heterocycles. The third-order valence-corrected chi connectivity index (χ3v) is 2.61. The molecule has 0 bridgehead atoms. The van der Waals surface area contributed by atoms with Crippen LogP contribution in [0.3, 0.4) is 0 Å². The molecule has 0 radical (unpaired) electrons. The molecule has 1 aromatic carbocycles. The molecule has 16 heavy (non-hydrogen) atoms. The lowest BCUT2D eigenvalue weighted by Crippen LogP contribution is -1.83. The van der Waals surface area contributed by atoms with Crippen molar-refractivity contribution in [2.45, 2.75) is 0 Å². The quantitative estimate of drug-likeness (QED) is 0.648. The molecule has 3 heteroatoms. The number of aromatic amines is 1. The van der Waals surface area contributed by atoms with Gasteiger partial charge in [0.05, 0.1) is 0 Å². The fourth-order valence-electron chi connectivity index (χ4n) is 1.81. The third kappa shape index (κ3) is 1.34. The van der Waals surface area contributed by atoms with Gasteiger partial charge in [-0.2, -0.15) is 0 Å². The van der Waals surface area contributed by atoms with E-state index in [0.717, 1.165) is 16.5 Å². The number of benzene rings is 1. The maximum Gasteiger partial charge on any atom is 0.141 e. The van der Waals surface area contributed by atoms with Crippen LogP contribution < -0.4 is 0 Å². The van der Waals surface area contributed by atoms with Gasteiger partial charge in [0.25, 0.3) is 0 Å². The van der Waals surface area contributed by atoms with Crippen molar-refractivity contribution in [1.82, 2.24) is 9.97 Å². The van der Waals surface area contributed by atoms with Crippen LogP contribution in [0.15, 0.2) is 48.8 Å². The van der Waals surface area contributed by atoms with E-state index in [4.69, 9.17) is 0 Å². The van der Waals surface area contributed by atoms with E-state index in [9.17, 15) is 5.11 Å². The summed E-state index contributed by atoms with van der Waals surface area (Å²) in [5.74, 6) is 0.202. The molecular formula is C13H10N2O. The Bertz CT molecular complexity index is 643. The van der Waals surface area contributed by atoms with E-state index in [0.29, 0.717) is 5.69 Å². The van der Waals surface area contributed by atoms with Gasteiger partial charge in [0.2, 0.25) is 0 Å². The van der Waals surface area contributed by atoms with E-state index in [2.05, 4.69) is 9.97 Å². The van der Waals surface area contributed by atoms with Crippen molar-refractivity contribution in [3.05, 3.63) is 48.8 Å². The van der Waals surface area contributed by atoms with E-state index >= 15 is 0 Å². The van der Waals surface area contributed by atoms with Gasteiger partial charge in [-0.1, -0.05) is 12.1 Å². The zero-order valence-electron chi connectivity index (χ0n) is 8.51. The van der Waals surface area contributed by atoms with Gasteiger partial charge in [-0.25, -0.2) is 0 Å². The average molecular weight is 210 g/mol. The summed E-state index contributed by atoms with van der Waals surface area (Å²) in [4.78, 5) is 7.32. The van der Waals surface area contributed by atoms with Crippen molar-refractivity contribution in [1.29, 1.82) is 0 Å². The maximum atomic E-state index is 9.71. The molecule has 0 amide bonds. The topological polar surface area (TPSA) is 48.9 Å². The summed E-state index contributed by atoms with van der Waals surface area (Å²) in [6, 6.07) is 11.3. The second kappa shape index (κ2) is 3.38.